The first-order chi connectivity index (χ1) is 9.08. The third-order valence-corrected chi connectivity index (χ3v) is 3.60. The van der Waals surface area contributed by atoms with E-state index in [-0.39, 0.29) is 11.2 Å². The number of anilines is 1. The van der Waals surface area contributed by atoms with Gasteiger partial charge < -0.3 is 10.2 Å². The number of halogens is 1. The second kappa shape index (κ2) is 6.19. The number of amides is 1. The molecule has 1 aliphatic rings. The molecule has 19 heavy (non-hydrogen) atoms. The Kier molecular flexibility index (Phi) is 4.58. The van der Waals surface area contributed by atoms with E-state index >= 15 is 0 Å². The lowest BCUT2D eigenvalue weighted by Crippen LogP contribution is -2.27. The molecule has 2 heterocycles. The van der Waals surface area contributed by atoms with Crippen LogP contribution in [0.3, 0.4) is 0 Å². The average Bonchev–Trinajstić information content (AvgIpc) is 2.76. The highest BCUT2D eigenvalue weighted by atomic mass is 35.5. The van der Waals surface area contributed by atoms with Crippen LogP contribution in [-0.2, 0) is 4.79 Å². The fraction of sp³-hybridized carbons (Fsp3) is 0.615. The molecule has 104 valence electrons. The fourth-order valence-electron chi connectivity index (χ4n) is 2.18. The largest absolute Gasteiger partial charge is 0.370 e. The standard InChI is InChI=1S/C13H19ClN4O/c1-9-10(2)16-13(14)17-12(9)15-6-4-8-18-7-3-5-11(18)19/h3-8H2,1-2H3,(H,15,16,17). The molecule has 0 aromatic carbocycles. The van der Waals surface area contributed by atoms with Gasteiger partial charge in [-0.3, -0.25) is 4.79 Å². The molecule has 1 aromatic heterocycles. The molecule has 0 radical (unpaired) electrons. The number of carbonyl (C=O) groups excluding carboxylic acids is 1. The van der Waals surface area contributed by atoms with Crippen LogP contribution >= 0.6 is 11.6 Å². The van der Waals surface area contributed by atoms with Crippen molar-refractivity contribution in [1.29, 1.82) is 0 Å². The predicted molar refractivity (Wildman–Crippen MR) is 75.4 cm³/mol. The monoisotopic (exact) mass is 282 g/mol. The summed E-state index contributed by atoms with van der Waals surface area (Å²) in [6.45, 7) is 6.37. The van der Waals surface area contributed by atoms with Crippen LogP contribution in [0.5, 0.6) is 0 Å². The third kappa shape index (κ3) is 3.56. The quantitative estimate of drug-likeness (QED) is 0.664. The zero-order valence-corrected chi connectivity index (χ0v) is 12.1. The van der Waals surface area contributed by atoms with Gasteiger partial charge in [-0.15, -0.1) is 0 Å². The van der Waals surface area contributed by atoms with Gasteiger partial charge >= 0.3 is 0 Å². The second-order valence-corrected chi connectivity index (χ2v) is 5.15. The Morgan fingerprint density at radius 1 is 1.37 bits per heavy atom. The zero-order chi connectivity index (χ0) is 13.8. The van der Waals surface area contributed by atoms with E-state index in [2.05, 4.69) is 15.3 Å². The summed E-state index contributed by atoms with van der Waals surface area (Å²) >= 11 is 5.84. The maximum Gasteiger partial charge on any atom is 0.224 e. The van der Waals surface area contributed by atoms with Gasteiger partial charge in [-0.2, -0.15) is 0 Å². The summed E-state index contributed by atoms with van der Waals surface area (Å²) in [5.41, 5.74) is 1.90. The van der Waals surface area contributed by atoms with Crippen molar-refractivity contribution in [2.45, 2.75) is 33.1 Å². The Labute approximate surface area is 118 Å². The molecule has 1 saturated heterocycles. The first-order valence-corrected chi connectivity index (χ1v) is 6.98. The van der Waals surface area contributed by atoms with Crippen molar-refractivity contribution in [2.75, 3.05) is 25.0 Å². The summed E-state index contributed by atoms with van der Waals surface area (Å²) < 4.78 is 0. The molecule has 5 nitrogen and oxygen atoms in total. The summed E-state index contributed by atoms with van der Waals surface area (Å²) in [7, 11) is 0. The molecule has 1 aliphatic heterocycles. The van der Waals surface area contributed by atoms with Gasteiger partial charge in [-0.1, -0.05) is 0 Å². The Bertz CT molecular complexity index is 478. The smallest absolute Gasteiger partial charge is 0.224 e. The number of likely N-dealkylation sites (tertiary alicyclic amines) is 1. The van der Waals surface area contributed by atoms with E-state index in [1.165, 1.54) is 0 Å². The summed E-state index contributed by atoms with van der Waals surface area (Å²) in [6.07, 6.45) is 2.60. The van der Waals surface area contributed by atoms with Crippen LogP contribution in [0, 0.1) is 13.8 Å². The summed E-state index contributed by atoms with van der Waals surface area (Å²) in [6, 6.07) is 0. The van der Waals surface area contributed by atoms with E-state index in [0.29, 0.717) is 6.42 Å². The Morgan fingerprint density at radius 2 is 2.16 bits per heavy atom. The van der Waals surface area contributed by atoms with Gasteiger partial charge in [0, 0.05) is 37.3 Å². The number of nitrogens with zero attached hydrogens (tertiary/aromatic N) is 3. The molecule has 0 unspecified atom stereocenters. The Balaban J connectivity index is 1.81. The van der Waals surface area contributed by atoms with Crippen LogP contribution in [0.2, 0.25) is 5.28 Å². The zero-order valence-electron chi connectivity index (χ0n) is 11.4. The first kappa shape index (κ1) is 14.1. The van der Waals surface area contributed by atoms with Crippen molar-refractivity contribution in [3.63, 3.8) is 0 Å². The molecule has 1 N–H and O–H groups in total. The number of aromatic nitrogens is 2. The predicted octanol–water partition coefficient (Wildman–Crippen LogP) is 2.17. The molecule has 0 atom stereocenters. The molecule has 2 rings (SSSR count). The minimum atomic E-state index is 0.264. The maximum absolute atomic E-state index is 11.4. The van der Waals surface area contributed by atoms with E-state index in [4.69, 9.17) is 11.6 Å². The molecule has 0 bridgehead atoms. The lowest BCUT2D eigenvalue weighted by atomic mass is 10.2. The SMILES string of the molecule is Cc1nc(Cl)nc(NCCCN2CCCC2=O)c1C. The molecular formula is C13H19ClN4O. The number of hydrogen-bond donors (Lipinski definition) is 1. The van der Waals surface area contributed by atoms with Crippen LogP contribution in [0.1, 0.15) is 30.5 Å². The van der Waals surface area contributed by atoms with Crippen molar-refractivity contribution in [3.8, 4) is 0 Å². The summed E-state index contributed by atoms with van der Waals surface area (Å²) in [5.74, 6) is 1.06. The minimum Gasteiger partial charge on any atom is -0.370 e. The number of hydrogen-bond acceptors (Lipinski definition) is 4. The molecule has 0 spiro atoms. The second-order valence-electron chi connectivity index (χ2n) is 4.82. The third-order valence-electron chi connectivity index (χ3n) is 3.43. The number of aryl methyl sites for hydroxylation is 1. The highest BCUT2D eigenvalue weighted by Crippen LogP contribution is 2.17. The van der Waals surface area contributed by atoms with Crippen LogP contribution in [0.25, 0.3) is 0 Å². The molecule has 1 aromatic rings. The van der Waals surface area contributed by atoms with E-state index < -0.39 is 0 Å². The topological polar surface area (TPSA) is 58.1 Å². The van der Waals surface area contributed by atoms with Crippen molar-refractivity contribution >= 4 is 23.3 Å². The van der Waals surface area contributed by atoms with E-state index in [0.717, 1.165) is 49.6 Å². The maximum atomic E-state index is 11.4. The number of rotatable bonds is 5. The molecule has 1 fully saturated rings. The van der Waals surface area contributed by atoms with Gasteiger partial charge in [-0.05, 0) is 38.3 Å². The van der Waals surface area contributed by atoms with Crippen molar-refractivity contribution in [2.24, 2.45) is 0 Å². The van der Waals surface area contributed by atoms with Gasteiger partial charge in [-0.25, -0.2) is 9.97 Å². The van der Waals surface area contributed by atoms with Gasteiger partial charge in [0.1, 0.15) is 5.82 Å². The molecule has 6 heteroatoms. The van der Waals surface area contributed by atoms with Crippen molar-refractivity contribution < 1.29 is 4.79 Å². The Hall–Kier alpha value is -1.36. The average molecular weight is 283 g/mol. The van der Waals surface area contributed by atoms with Crippen LogP contribution < -0.4 is 5.32 Å². The molecule has 0 aliphatic carbocycles. The van der Waals surface area contributed by atoms with Crippen LogP contribution in [0.15, 0.2) is 0 Å². The fourth-order valence-corrected chi connectivity index (χ4v) is 2.40. The Morgan fingerprint density at radius 3 is 2.84 bits per heavy atom. The minimum absolute atomic E-state index is 0.264. The highest BCUT2D eigenvalue weighted by molar-refractivity contribution is 6.28. The normalized spacial score (nSPS) is 15.1. The van der Waals surface area contributed by atoms with E-state index in [1.54, 1.807) is 0 Å². The lowest BCUT2D eigenvalue weighted by Gasteiger charge is -2.16. The van der Waals surface area contributed by atoms with Crippen molar-refractivity contribution in [1.82, 2.24) is 14.9 Å². The number of nitrogens with one attached hydrogen (secondary N) is 1. The summed E-state index contributed by atoms with van der Waals surface area (Å²) in [5, 5.41) is 3.52. The first-order valence-electron chi connectivity index (χ1n) is 6.60. The highest BCUT2D eigenvalue weighted by Gasteiger charge is 2.18. The summed E-state index contributed by atoms with van der Waals surface area (Å²) in [4.78, 5) is 21.6. The van der Waals surface area contributed by atoms with Crippen molar-refractivity contribution in [3.05, 3.63) is 16.5 Å². The molecule has 0 saturated carbocycles. The van der Waals surface area contributed by atoms with Crippen LogP contribution in [0.4, 0.5) is 5.82 Å². The van der Waals surface area contributed by atoms with E-state index in [9.17, 15) is 4.79 Å². The van der Waals surface area contributed by atoms with Gasteiger partial charge in [0.25, 0.3) is 0 Å². The van der Waals surface area contributed by atoms with Gasteiger partial charge in [0.2, 0.25) is 11.2 Å². The van der Waals surface area contributed by atoms with E-state index in [1.807, 2.05) is 18.7 Å². The van der Waals surface area contributed by atoms with Gasteiger partial charge in [0.15, 0.2) is 0 Å². The lowest BCUT2D eigenvalue weighted by molar-refractivity contribution is -0.127. The number of carbonyl (C=O) groups is 1. The molecule has 1 amide bonds. The van der Waals surface area contributed by atoms with Gasteiger partial charge in [0.05, 0.1) is 0 Å². The molecular weight excluding hydrogens is 264 g/mol. The van der Waals surface area contributed by atoms with Crippen LogP contribution in [-0.4, -0.2) is 40.4 Å².